The SMILES string of the molecule is FC(F)(F)C1(c2ccccc2)OP(c2ccccc2)(c2ccccc2)(c2ccccc2)c2ccccc21. The van der Waals surface area contributed by atoms with Gasteiger partial charge in [-0.25, -0.2) is 0 Å². The van der Waals surface area contributed by atoms with E-state index in [2.05, 4.69) is 0 Å². The van der Waals surface area contributed by atoms with E-state index < -0.39 is 18.6 Å². The molecule has 0 amide bonds. The van der Waals surface area contributed by atoms with Crippen LogP contribution in [0, 0.1) is 0 Å². The van der Waals surface area contributed by atoms with Crippen LogP contribution in [0.1, 0.15) is 11.1 Å². The van der Waals surface area contributed by atoms with E-state index in [1.165, 1.54) is 12.1 Å². The molecule has 0 saturated carbocycles. The van der Waals surface area contributed by atoms with Crippen LogP contribution in [0.15, 0.2) is 146 Å². The minimum absolute atomic E-state index is 0.0595. The van der Waals surface area contributed by atoms with E-state index in [9.17, 15) is 0 Å². The van der Waals surface area contributed by atoms with Crippen LogP contribution in [0.5, 0.6) is 0 Å². The molecule has 184 valence electrons. The summed E-state index contributed by atoms with van der Waals surface area (Å²) >= 11 is 0. The summed E-state index contributed by atoms with van der Waals surface area (Å²) in [6.45, 7) is -4.42. The molecule has 0 radical (unpaired) electrons. The minimum atomic E-state index is -4.75. The van der Waals surface area contributed by atoms with Gasteiger partial charge in [0.15, 0.2) is 0 Å². The van der Waals surface area contributed by atoms with E-state index in [0.29, 0.717) is 5.30 Å². The van der Waals surface area contributed by atoms with E-state index in [0.717, 1.165) is 15.9 Å². The van der Waals surface area contributed by atoms with Gasteiger partial charge < -0.3 is 0 Å². The predicted molar refractivity (Wildman–Crippen MR) is 146 cm³/mol. The zero-order valence-electron chi connectivity index (χ0n) is 19.8. The van der Waals surface area contributed by atoms with E-state index >= 15 is 13.2 Å². The Morgan fingerprint density at radius 1 is 0.486 bits per heavy atom. The van der Waals surface area contributed by atoms with Gasteiger partial charge in [0.2, 0.25) is 0 Å². The van der Waals surface area contributed by atoms with Crippen molar-refractivity contribution in [1.29, 1.82) is 0 Å². The van der Waals surface area contributed by atoms with Gasteiger partial charge in [-0.2, -0.15) is 0 Å². The van der Waals surface area contributed by atoms with Gasteiger partial charge in [-0.05, 0) is 0 Å². The molecule has 5 aromatic rings. The van der Waals surface area contributed by atoms with Crippen molar-refractivity contribution < 1.29 is 17.7 Å². The second kappa shape index (κ2) is 8.41. The molecule has 0 aromatic heterocycles. The quantitative estimate of drug-likeness (QED) is 0.247. The van der Waals surface area contributed by atoms with E-state index in [4.69, 9.17) is 4.52 Å². The first-order valence-corrected chi connectivity index (χ1v) is 14.2. The molecule has 0 bridgehead atoms. The van der Waals surface area contributed by atoms with Crippen LogP contribution in [0.2, 0.25) is 0 Å². The van der Waals surface area contributed by atoms with Crippen LogP contribution in [0.3, 0.4) is 0 Å². The Kier molecular flexibility index (Phi) is 5.38. The van der Waals surface area contributed by atoms with Gasteiger partial charge in [0.1, 0.15) is 0 Å². The fourth-order valence-corrected chi connectivity index (χ4v) is 12.2. The van der Waals surface area contributed by atoms with Crippen molar-refractivity contribution >= 4 is 28.0 Å². The summed E-state index contributed by atoms with van der Waals surface area (Å²) in [6, 6.07) is 43.2. The van der Waals surface area contributed by atoms with Gasteiger partial charge >= 0.3 is 214 Å². The Bertz CT molecular complexity index is 1440. The third-order valence-corrected chi connectivity index (χ3v) is 13.2. The predicted octanol–water partition coefficient (Wildman–Crippen LogP) is 6.59. The van der Waals surface area contributed by atoms with Gasteiger partial charge in [-0.15, -0.1) is 0 Å². The second-order valence-electron chi connectivity index (χ2n) is 9.20. The van der Waals surface area contributed by atoms with Crippen molar-refractivity contribution in [2.24, 2.45) is 0 Å². The van der Waals surface area contributed by atoms with Crippen molar-refractivity contribution in [3.8, 4) is 0 Å². The topological polar surface area (TPSA) is 9.23 Å². The Labute approximate surface area is 214 Å². The third kappa shape index (κ3) is 3.00. The summed E-state index contributed by atoms with van der Waals surface area (Å²) in [7, 11) is 0. The Balaban J connectivity index is 1.91. The monoisotopic (exact) mass is 512 g/mol. The average molecular weight is 513 g/mol. The number of alkyl halides is 3. The number of halogens is 3. The summed E-state index contributed by atoms with van der Waals surface area (Å²) in [5.74, 6) is 0. The number of hydrogen-bond donors (Lipinski definition) is 0. The van der Waals surface area contributed by atoms with Gasteiger partial charge in [0, 0.05) is 0 Å². The molecule has 1 aliphatic heterocycles. The van der Waals surface area contributed by atoms with Crippen LogP contribution in [-0.4, -0.2) is 6.18 Å². The van der Waals surface area contributed by atoms with Gasteiger partial charge in [-0.1, -0.05) is 0 Å². The maximum absolute atomic E-state index is 15.7. The molecule has 0 aliphatic carbocycles. The number of fused-ring (bicyclic) bond motifs is 1. The van der Waals surface area contributed by atoms with Crippen LogP contribution < -0.4 is 21.2 Å². The van der Waals surface area contributed by atoms with Crippen LogP contribution in [0.4, 0.5) is 13.2 Å². The average Bonchev–Trinajstić information content (AvgIpc) is 3.26. The zero-order chi connectivity index (χ0) is 25.6. The summed E-state index contributed by atoms with van der Waals surface area (Å²) in [5.41, 5.74) is -2.49. The van der Waals surface area contributed by atoms with E-state index in [-0.39, 0.29) is 11.1 Å². The summed E-state index contributed by atoms with van der Waals surface area (Å²) in [6.07, 6.45) is -4.75. The molecule has 1 nitrogen and oxygen atoms in total. The molecule has 5 aromatic carbocycles. The van der Waals surface area contributed by atoms with Crippen molar-refractivity contribution in [2.45, 2.75) is 11.8 Å². The molecule has 6 rings (SSSR count). The third-order valence-electron chi connectivity index (χ3n) is 7.39. The van der Waals surface area contributed by atoms with Crippen LogP contribution in [-0.2, 0) is 10.1 Å². The van der Waals surface area contributed by atoms with E-state index in [1.54, 1.807) is 30.3 Å². The molecule has 1 aliphatic rings. The summed E-state index contributed by atoms with van der Waals surface area (Å²) < 4.78 is 54.3. The van der Waals surface area contributed by atoms with Crippen molar-refractivity contribution in [1.82, 2.24) is 0 Å². The van der Waals surface area contributed by atoms with Crippen molar-refractivity contribution in [2.75, 3.05) is 0 Å². The molecule has 1 unspecified atom stereocenters. The first-order valence-electron chi connectivity index (χ1n) is 12.1. The van der Waals surface area contributed by atoms with Gasteiger partial charge in [0.05, 0.1) is 0 Å². The molecular formula is C32H24F3OP. The standard InChI is InChI=1S/C32H24F3OP/c33-32(34,35)31(25-15-5-1-6-16-25)29-23-13-14-24-30(29)37(36-31,26-17-7-2-8-18-26,27-19-9-3-10-20-27)28-21-11-4-12-22-28/h1-24H. The second-order valence-corrected chi connectivity index (χ2v) is 13.5. The maximum atomic E-state index is 15.7. The molecule has 0 spiro atoms. The van der Waals surface area contributed by atoms with Gasteiger partial charge in [-0.3, -0.25) is 0 Å². The fourth-order valence-electron chi connectivity index (χ4n) is 5.92. The molecule has 0 saturated heterocycles. The fraction of sp³-hybridized carbons (Fsp3) is 0.0625. The molecule has 0 N–H and O–H groups in total. The van der Waals surface area contributed by atoms with Gasteiger partial charge in [0.25, 0.3) is 0 Å². The Morgan fingerprint density at radius 3 is 1.30 bits per heavy atom. The zero-order valence-corrected chi connectivity index (χ0v) is 20.7. The van der Waals surface area contributed by atoms with Crippen molar-refractivity contribution in [3.05, 3.63) is 157 Å². The number of benzene rings is 5. The molecule has 5 heteroatoms. The molecular weight excluding hydrogens is 488 g/mol. The van der Waals surface area contributed by atoms with Crippen LogP contribution >= 0.6 is 6.83 Å². The molecule has 1 heterocycles. The molecule has 0 fully saturated rings. The normalized spacial score (nSPS) is 20.9. The molecule has 1 atom stereocenters. The molecule has 37 heavy (non-hydrogen) atoms. The number of hydrogen-bond acceptors (Lipinski definition) is 1. The Morgan fingerprint density at radius 2 is 0.865 bits per heavy atom. The van der Waals surface area contributed by atoms with E-state index in [1.807, 2.05) is 103 Å². The first kappa shape index (κ1) is 23.7. The van der Waals surface area contributed by atoms with Crippen molar-refractivity contribution in [3.63, 3.8) is 0 Å². The van der Waals surface area contributed by atoms with Crippen LogP contribution in [0.25, 0.3) is 0 Å². The number of rotatable bonds is 4. The Hall–Kier alpha value is -3.72. The summed E-state index contributed by atoms with van der Waals surface area (Å²) in [5, 5.41) is 2.74. The first-order chi connectivity index (χ1) is 17.9. The summed E-state index contributed by atoms with van der Waals surface area (Å²) in [4.78, 5) is 0.